The van der Waals surface area contributed by atoms with Gasteiger partial charge in [0.05, 0.1) is 4.90 Å². The van der Waals surface area contributed by atoms with Crippen molar-refractivity contribution in [3.05, 3.63) is 28.7 Å². The van der Waals surface area contributed by atoms with E-state index < -0.39 is 15.6 Å². The predicted molar refractivity (Wildman–Crippen MR) is 81.9 cm³/mol. The number of sulfonamides is 1. The summed E-state index contributed by atoms with van der Waals surface area (Å²) < 4.78 is 26.3. The molecule has 0 radical (unpaired) electrons. The Morgan fingerprint density at radius 2 is 2.05 bits per heavy atom. The highest BCUT2D eigenvalue weighted by Crippen LogP contribution is 2.32. The number of hydrogen-bond acceptors (Lipinski definition) is 4. The molecule has 1 heterocycles. The van der Waals surface area contributed by atoms with E-state index in [0.29, 0.717) is 5.92 Å². The highest BCUT2D eigenvalue weighted by molar-refractivity contribution is 7.89. The maximum absolute atomic E-state index is 12.1. The Bertz CT molecular complexity index is 720. The van der Waals surface area contributed by atoms with Crippen molar-refractivity contribution >= 4 is 15.9 Å². The molecule has 1 aliphatic carbocycles. The molecule has 1 aromatic heterocycles. The summed E-state index contributed by atoms with van der Waals surface area (Å²) in [5, 5.41) is 2.84. The number of pyridine rings is 1. The molecule has 0 saturated heterocycles. The Morgan fingerprint density at radius 1 is 1.41 bits per heavy atom. The number of carbonyl (C=O) groups excluding carboxylic acids is 1. The lowest BCUT2D eigenvalue weighted by Gasteiger charge is -2.15. The Morgan fingerprint density at radius 3 is 2.59 bits per heavy atom. The van der Waals surface area contributed by atoms with Crippen LogP contribution in [0.25, 0.3) is 0 Å². The lowest BCUT2D eigenvalue weighted by atomic mass is 10.2. The van der Waals surface area contributed by atoms with Crippen molar-refractivity contribution in [1.82, 2.24) is 14.2 Å². The summed E-state index contributed by atoms with van der Waals surface area (Å²) in [5.41, 5.74) is -0.410. The number of rotatable bonds is 6. The van der Waals surface area contributed by atoms with Gasteiger partial charge in [-0.05, 0) is 31.7 Å². The second-order valence-corrected chi connectivity index (χ2v) is 7.96. The molecule has 22 heavy (non-hydrogen) atoms. The average molecular weight is 327 g/mol. The molecule has 1 amide bonds. The molecule has 7 nitrogen and oxygen atoms in total. The second-order valence-electron chi connectivity index (χ2n) is 5.81. The zero-order chi connectivity index (χ0) is 16.5. The van der Waals surface area contributed by atoms with Crippen LogP contribution in [-0.4, -0.2) is 43.3 Å². The number of carbonyl (C=O) groups is 1. The third-order valence-corrected chi connectivity index (χ3v) is 5.57. The van der Waals surface area contributed by atoms with E-state index in [9.17, 15) is 18.0 Å². The maximum Gasteiger partial charge on any atom is 0.251 e. The van der Waals surface area contributed by atoms with E-state index in [1.807, 2.05) is 6.92 Å². The van der Waals surface area contributed by atoms with Gasteiger partial charge >= 0.3 is 0 Å². The van der Waals surface area contributed by atoms with Gasteiger partial charge in [-0.25, -0.2) is 12.7 Å². The molecular formula is C14H21N3O4S. The summed E-state index contributed by atoms with van der Waals surface area (Å²) in [4.78, 5) is 23.8. The van der Waals surface area contributed by atoms with Gasteiger partial charge in [0.1, 0.15) is 6.54 Å². The quantitative estimate of drug-likeness (QED) is 0.797. The van der Waals surface area contributed by atoms with Gasteiger partial charge in [-0.2, -0.15) is 0 Å². The van der Waals surface area contributed by atoms with E-state index in [1.54, 1.807) is 0 Å². The Kier molecular flexibility index (Phi) is 4.72. The minimum absolute atomic E-state index is 0.0138. The minimum atomic E-state index is -3.64. The highest BCUT2D eigenvalue weighted by atomic mass is 32.2. The fraction of sp³-hybridized carbons (Fsp3) is 0.571. The summed E-state index contributed by atoms with van der Waals surface area (Å²) in [7, 11) is -0.814. The molecule has 0 unspecified atom stereocenters. The smallest absolute Gasteiger partial charge is 0.251 e. The first-order valence-corrected chi connectivity index (χ1v) is 8.58. The number of amides is 1. The lowest BCUT2D eigenvalue weighted by molar-refractivity contribution is -0.122. The summed E-state index contributed by atoms with van der Waals surface area (Å²) in [6, 6.07) is 2.49. The molecule has 1 N–H and O–H groups in total. The summed E-state index contributed by atoms with van der Waals surface area (Å²) in [6.45, 7) is 1.75. The predicted octanol–water partition coefficient (Wildman–Crippen LogP) is 0.0133. The van der Waals surface area contributed by atoms with Gasteiger partial charge in [0.2, 0.25) is 15.9 Å². The average Bonchev–Trinajstić information content (AvgIpc) is 3.25. The standard InChI is InChI=1S/C14H21N3O4S/c1-10(11-4-5-11)15-13(18)9-17-8-12(6-7-14(17)19)22(20,21)16(2)3/h6-8,10-11H,4-5,9H2,1-3H3,(H,15,18)/t10-/m0/s1. The fourth-order valence-corrected chi connectivity index (χ4v) is 3.09. The van der Waals surface area contributed by atoms with Gasteiger partial charge in [-0.3, -0.25) is 9.59 Å². The van der Waals surface area contributed by atoms with Crippen molar-refractivity contribution in [2.75, 3.05) is 14.1 Å². The number of aromatic nitrogens is 1. The first-order chi connectivity index (χ1) is 10.2. The second kappa shape index (κ2) is 6.21. The van der Waals surface area contributed by atoms with Crippen LogP contribution in [0.4, 0.5) is 0 Å². The van der Waals surface area contributed by atoms with Crippen molar-refractivity contribution in [3.8, 4) is 0 Å². The van der Waals surface area contributed by atoms with E-state index in [2.05, 4.69) is 5.32 Å². The van der Waals surface area contributed by atoms with Crippen LogP contribution in [0.1, 0.15) is 19.8 Å². The van der Waals surface area contributed by atoms with Gasteiger partial charge in [0.15, 0.2) is 0 Å². The summed E-state index contributed by atoms with van der Waals surface area (Å²) >= 11 is 0. The Hall–Kier alpha value is -1.67. The number of hydrogen-bond donors (Lipinski definition) is 1. The Labute approximate surface area is 130 Å². The normalized spacial score (nSPS) is 16.5. The molecule has 0 aromatic carbocycles. The maximum atomic E-state index is 12.1. The zero-order valence-corrected chi connectivity index (χ0v) is 13.8. The minimum Gasteiger partial charge on any atom is -0.352 e. The molecular weight excluding hydrogens is 306 g/mol. The van der Waals surface area contributed by atoms with Crippen molar-refractivity contribution in [2.45, 2.75) is 37.2 Å². The molecule has 122 valence electrons. The van der Waals surface area contributed by atoms with Gasteiger partial charge in [-0.1, -0.05) is 0 Å². The first kappa shape index (κ1) is 16.7. The van der Waals surface area contributed by atoms with Gasteiger partial charge < -0.3 is 9.88 Å². The first-order valence-electron chi connectivity index (χ1n) is 7.14. The third kappa shape index (κ3) is 3.75. The van der Waals surface area contributed by atoms with Crippen LogP contribution < -0.4 is 10.9 Å². The molecule has 1 aromatic rings. The van der Waals surface area contributed by atoms with Crippen LogP contribution in [0.3, 0.4) is 0 Å². The largest absolute Gasteiger partial charge is 0.352 e. The molecule has 0 bridgehead atoms. The number of nitrogens with zero attached hydrogens (tertiary/aromatic N) is 2. The van der Waals surface area contributed by atoms with Crippen LogP contribution >= 0.6 is 0 Å². The molecule has 0 spiro atoms. The van der Waals surface area contributed by atoms with E-state index in [1.165, 1.54) is 26.4 Å². The molecule has 2 rings (SSSR count). The van der Waals surface area contributed by atoms with Crippen LogP contribution in [0.15, 0.2) is 28.0 Å². The van der Waals surface area contributed by atoms with E-state index >= 15 is 0 Å². The lowest BCUT2D eigenvalue weighted by Crippen LogP contribution is -2.38. The van der Waals surface area contributed by atoms with Crippen molar-refractivity contribution in [2.24, 2.45) is 5.92 Å². The van der Waals surface area contributed by atoms with E-state index in [-0.39, 0.29) is 23.4 Å². The van der Waals surface area contributed by atoms with Gasteiger partial charge in [0.25, 0.3) is 5.56 Å². The monoisotopic (exact) mass is 327 g/mol. The SMILES string of the molecule is C[C@H](NC(=O)Cn1cc(S(=O)(=O)N(C)C)ccc1=O)C1CC1. The zero-order valence-electron chi connectivity index (χ0n) is 12.9. The van der Waals surface area contributed by atoms with Gasteiger partial charge in [0, 0.05) is 32.4 Å². The van der Waals surface area contributed by atoms with Crippen LogP contribution in [0, 0.1) is 5.92 Å². The van der Waals surface area contributed by atoms with Crippen molar-refractivity contribution < 1.29 is 13.2 Å². The third-order valence-electron chi connectivity index (χ3n) is 3.77. The summed E-state index contributed by atoms with van der Waals surface area (Å²) in [5.74, 6) is 0.224. The molecule has 1 aliphatic rings. The van der Waals surface area contributed by atoms with Crippen LogP contribution in [-0.2, 0) is 21.4 Å². The molecule has 8 heteroatoms. The molecule has 1 fully saturated rings. The Balaban J connectivity index is 2.16. The fourth-order valence-electron chi connectivity index (χ4n) is 2.16. The highest BCUT2D eigenvalue weighted by Gasteiger charge is 2.29. The van der Waals surface area contributed by atoms with Crippen molar-refractivity contribution in [3.63, 3.8) is 0 Å². The topological polar surface area (TPSA) is 88.5 Å². The molecule has 1 saturated carbocycles. The number of nitrogens with one attached hydrogen (secondary N) is 1. The summed E-state index contributed by atoms with van der Waals surface area (Å²) in [6.07, 6.45) is 3.43. The molecule has 0 aliphatic heterocycles. The van der Waals surface area contributed by atoms with Crippen LogP contribution in [0.2, 0.25) is 0 Å². The van der Waals surface area contributed by atoms with E-state index in [0.717, 1.165) is 27.8 Å². The van der Waals surface area contributed by atoms with Crippen LogP contribution in [0.5, 0.6) is 0 Å². The van der Waals surface area contributed by atoms with E-state index in [4.69, 9.17) is 0 Å². The molecule has 1 atom stereocenters. The van der Waals surface area contributed by atoms with Gasteiger partial charge in [-0.15, -0.1) is 0 Å². The van der Waals surface area contributed by atoms with Crippen molar-refractivity contribution in [1.29, 1.82) is 0 Å².